The molecule has 2 fully saturated rings. The molecule has 0 radical (unpaired) electrons. The van der Waals surface area contributed by atoms with Gasteiger partial charge in [-0.3, -0.25) is 0 Å². The number of urea groups is 1. The van der Waals surface area contributed by atoms with E-state index in [2.05, 4.69) is 34.4 Å². The average Bonchev–Trinajstić information content (AvgIpc) is 3.17. The van der Waals surface area contributed by atoms with Gasteiger partial charge in [0.2, 0.25) is 0 Å². The van der Waals surface area contributed by atoms with Gasteiger partial charge in [-0.2, -0.15) is 0 Å². The Kier molecular flexibility index (Phi) is 4.44. The van der Waals surface area contributed by atoms with Gasteiger partial charge in [0.15, 0.2) is 5.89 Å². The van der Waals surface area contributed by atoms with Gasteiger partial charge in [-0.05, 0) is 26.0 Å². The lowest BCUT2D eigenvalue weighted by atomic mass is 9.71. The number of rotatable bonds is 4. The Hall–Kier alpha value is -2.34. The maximum atomic E-state index is 12.4. The molecule has 2 amide bonds. The minimum atomic E-state index is 0.0310. The third kappa shape index (κ3) is 3.21. The summed E-state index contributed by atoms with van der Waals surface area (Å²) in [6.07, 6.45) is 2.64. The average molecular weight is 354 g/mol. The molecule has 2 aromatic rings. The smallest absolute Gasteiger partial charge is 0.317 e. The summed E-state index contributed by atoms with van der Waals surface area (Å²) in [6.45, 7) is 6.03. The molecule has 3 heterocycles. The van der Waals surface area contributed by atoms with Gasteiger partial charge in [-0.1, -0.05) is 30.3 Å². The number of nitrogens with one attached hydrogen (secondary N) is 1. The van der Waals surface area contributed by atoms with Crippen LogP contribution in [0, 0.1) is 12.3 Å². The lowest BCUT2D eigenvalue weighted by Crippen LogP contribution is -2.63. The van der Waals surface area contributed by atoms with Crippen molar-refractivity contribution in [3.63, 3.8) is 0 Å². The van der Waals surface area contributed by atoms with Gasteiger partial charge in [-0.15, -0.1) is 0 Å². The fraction of sp³-hybridized carbons (Fsp3) is 0.500. The summed E-state index contributed by atoms with van der Waals surface area (Å²) >= 11 is 0. The van der Waals surface area contributed by atoms with Crippen molar-refractivity contribution >= 4 is 6.03 Å². The van der Waals surface area contributed by atoms with E-state index in [1.54, 1.807) is 6.20 Å². The summed E-state index contributed by atoms with van der Waals surface area (Å²) in [5, 5.41) is 3.04. The Morgan fingerprint density at radius 2 is 2.08 bits per heavy atom. The van der Waals surface area contributed by atoms with Crippen LogP contribution >= 0.6 is 0 Å². The van der Waals surface area contributed by atoms with E-state index in [0.717, 1.165) is 44.3 Å². The van der Waals surface area contributed by atoms with Crippen LogP contribution in [0.3, 0.4) is 0 Å². The van der Waals surface area contributed by atoms with Crippen molar-refractivity contribution in [3.8, 4) is 0 Å². The zero-order valence-electron chi connectivity index (χ0n) is 15.4. The van der Waals surface area contributed by atoms with E-state index in [4.69, 9.17) is 4.42 Å². The summed E-state index contributed by atoms with van der Waals surface area (Å²) in [6, 6.07) is 10.3. The minimum Gasteiger partial charge on any atom is -0.446 e. The predicted molar refractivity (Wildman–Crippen MR) is 99.0 cm³/mol. The van der Waals surface area contributed by atoms with Crippen molar-refractivity contribution in [2.24, 2.45) is 5.41 Å². The molecule has 1 N–H and O–H groups in total. The van der Waals surface area contributed by atoms with Crippen molar-refractivity contribution in [2.45, 2.75) is 19.3 Å². The Morgan fingerprint density at radius 1 is 1.31 bits per heavy atom. The van der Waals surface area contributed by atoms with Crippen molar-refractivity contribution in [1.29, 1.82) is 0 Å². The number of hydrogen-bond acceptors (Lipinski definition) is 4. The monoisotopic (exact) mass is 354 g/mol. The van der Waals surface area contributed by atoms with E-state index < -0.39 is 0 Å². The van der Waals surface area contributed by atoms with Gasteiger partial charge in [0.25, 0.3) is 0 Å². The van der Waals surface area contributed by atoms with Crippen LogP contribution in [0.1, 0.15) is 23.1 Å². The highest BCUT2D eigenvalue weighted by atomic mass is 16.4. The molecule has 2 saturated heterocycles. The molecule has 1 aromatic heterocycles. The summed E-state index contributed by atoms with van der Waals surface area (Å²) in [5.41, 5.74) is 1.31. The number of oxazole rings is 1. The molecule has 6 nitrogen and oxygen atoms in total. The molecule has 138 valence electrons. The molecule has 0 saturated carbocycles. The van der Waals surface area contributed by atoms with Crippen LogP contribution in [-0.2, 0) is 6.42 Å². The third-order valence-corrected chi connectivity index (χ3v) is 5.59. The first kappa shape index (κ1) is 17.1. The van der Waals surface area contributed by atoms with Crippen LogP contribution in [0.5, 0.6) is 0 Å². The molecular formula is C20H26N4O2. The molecule has 1 aromatic carbocycles. The Bertz CT molecular complexity index is 767. The van der Waals surface area contributed by atoms with E-state index in [1.165, 1.54) is 5.56 Å². The first-order valence-electron chi connectivity index (χ1n) is 9.23. The number of aromatic nitrogens is 1. The van der Waals surface area contributed by atoms with Crippen molar-refractivity contribution in [1.82, 2.24) is 20.1 Å². The largest absolute Gasteiger partial charge is 0.446 e. The standard InChI is InChI=1S/C20H26N4O2/c1-15-10-22-18(26-15)17-11-23(2)12-20(17)13-24(14-20)19(25)21-9-8-16-6-4-3-5-7-16/h3-7,10,17H,8-9,11-14H2,1-2H3,(H,21,25). The van der Waals surface area contributed by atoms with Crippen LogP contribution in [0.15, 0.2) is 40.9 Å². The number of aryl methyl sites for hydroxylation is 1. The SMILES string of the molecule is Cc1cnc(C2CN(C)CC23CN(C(=O)NCCc2ccccc2)C3)o1. The van der Waals surface area contributed by atoms with Gasteiger partial charge < -0.3 is 19.5 Å². The molecule has 0 bridgehead atoms. The molecule has 1 unspecified atom stereocenters. The highest BCUT2D eigenvalue weighted by Gasteiger charge is 2.56. The van der Waals surface area contributed by atoms with Gasteiger partial charge in [0.1, 0.15) is 5.76 Å². The van der Waals surface area contributed by atoms with E-state index >= 15 is 0 Å². The Labute approximate surface area is 154 Å². The third-order valence-electron chi connectivity index (χ3n) is 5.59. The lowest BCUT2D eigenvalue weighted by molar-refractivity contribution is 0.0231. The maximum absolute atomic E-state index is 12.4. The molecule has 4 rings (SSSR count). The number of likely N-dealkylation sites (tertiary alicyclic amines) is 2. The molecule has 2 aliphatic rings. The number of likely N-dealkylation sites (N-methyl/N-ethyl adjacent to an activating group) is 1. The number of amides is 2. The Morgan fingerprint density at radius 3 is 2.77 bits per heavy atom. The lowest BCUT2D eigenvalue weighted by Gasteiger charge is -2.50. The van der Waals surface area contributed by atoms with Crippen LogP contribution in [0.4, 0.5) is 4.79 Å². The van der Waals surface area contributed by atoms with Gasteiger partial charge in [0.05, 0.1) is 12.1 Å². The van der Waals surface area contributed by atoms with Gasteiger partial charge in [-0.25, -0.2) is 9.78 Å². The highest BCUT2D eigenvalue weighted by molar-refractivity contribution is 5.75. The summed E-state index contributed by atoms with van der Waals surface area (Å²) in [4.78, 5) is 21.1. The van der Waals surface area contributed by atoms with E-state index in [9.17, 15) is 4.79 Å². The molecular weight excluding hydrogens is 328 g/mol. The summed E-state index contributed by atoms with van der Waals surface area (Å²) < 4.78 is 5.80. The Balaban J connectivity index is 1.32. The van der Waals surface area contributed by atoms with Crippen molar-refractivity contribution < 1.29 is 9.21 Å². The number of nitrogens with zero attached hydrogens (tertiary/aromatic N) is 3. The van der Waals surface area contributed by atoms with Crippen molar-refractivity contribution in [3.05, 3.63) is 53.7 Å². The number of hydrogen-bond donors (Lipinski definition) is 1. The molecule has 26 heavy (non-hydrogen) atoms. The van der Waals surface area contributed by atoms with Crippen LogP contribution in [0.2, 0.25) is 0 Å². The normalized spacial score (nSPS) is 21.8. The van der Waals surface area contributed by atoms with E-state index in [0.29, 0.717) is 6.54 Å². The number of benzene rings is 1. The fourth-order valence-corrected chi connectivity index (χ4v) is 4.34. The van der Waals surface area contributed by atoms with Crippen LogP contribution in [-0.4, -0.2) is 60.6 Å². The minimum absolute atomic E-state index is 0.0310. The fourth-order valence-electron chi connectivity index (χ4n) is 4.34. The second-order valence-electron chi connectivity index (χ2n) is 7.74. The first-order valence-corrected chi connectivity index (χ1v) is 9.23. The van der Waals surface area contributed by atoms with Crippen molar-refractivity contribution in [2.75, 3.05) is 39.8 Å². The second-order valence-corrected chi connectivity index (χ2v) is 7.74. The number of carbonyl (C=O) groups is 1. The summed E-state index contributed by atoms with van der Waals surface area (Å²) in [5.74, 6) is 1.92. The zero-order valence-corrected chi connectivity index (χ0v) is 15.4. The zero-order chi connectivity index (χ0) is 18.1. The maximum Gasteiger partial charge on any atom is 0.317 e. The van der Waals surface area contributed by atoms with E-state index in [-0.39, 0.29) is 17.4 Å². The molecule has 2 aliphatic heterocycles. The van der Waals surface area contributed by atoms with Crippen LogP contribution in [0.25, 0.3) is 0 Å². The first-order chi connectivity index (χ1) is 12.6. The molecule has 1 atom stereocenters. The molecule has 1 spiro atoms. The van der Waals surface area contributed by atoms with E-state index in [1.807, 2.05) is 30.0 Å². The molecule has 0 aliphatic carbocycles. The second kappa shape index (κ2) is 6.76. The van der Waals surface area contributed by atoms with Gasteiger partial charge in [0, 0.05) is 38.1 Å². The topological polar surface area (TPSA) is 61.6 Å². The van der Waals surface area contributed by atoms with Crippen LogP contribution < -0.4 is 5.32 Å². The summed E-state index contributed by atoms with van der Waals surface area (Å²) in [7, 11) is 2.13. The predicted octanol–water partition coefficient (Wildman–Crippen LogP) is 2.27. The quantitative estimate of drug-likeness (QED) is 0.915. The number of carbonyl (C=O) groups excluding carboxylic acids is 1. The highest BCUT2D eigenvalue weighted by Crippen LogP contribution is 2.48. The molecule has 6 heteroatoms. The van der Waals surface area contributed by atoms with Gasteiger partial charge >= 0.3 is 6.03 Å².